The summed E-state index contributed by atoms with van der Waals surface area (Å²) < 4.78 is 54.8. The average Bonchev–Trinajstić information content (AvgIpc) is 3.32. The van der Waals surface area contributed by atoms with Gasteiger partial charge >= 0.3 is 0 Å². The second-order valence-electron chi connectivity index (χ2n) is 11.3. The normalized spacial score (nSPS) is 21.6. The Morgan fingerprint density at radius 3 is 2.13 bits per heavy atom. The number of nitrogens with one attached hydrogen (secondary N) is 1. The van der Waals surface area contributed by atoms with Gasteiger partial charge in [-0.05, 0) is 48.9 Å². The quantitative estimate of drug-likeness (QED) is 0.486. The molecular weight excluding hydrogens is 528 g/mol. The van der Waals surface area contributed by atoms with Crippen molar-refractivity contribution in [1.82, 2.24) is 18.8 Å². The molecule has 10 nitrogen and oxygen atoms in total. The van der Waals surface area contributed by atoms with Crippen LogP contribution >= 0.6 is 0 Å². The lowest BCUT2D eigenvalue weighted by Gasteiger charge is -2.32. The minimum atomic E-state index is -3.89. The molecule has 0 radical (unpaired) electrons. The molecule has 1 aromatic carbocycles. The van der Waals surface area contributed by atoms with Crippen LogP contribution in [0.5, 0.6) is 0 Å². The van der Waals surface area contributed by atoms with Crippen LogP contribution in [-0.4, -0.2) is 87.5 Å². The highest BCUT2D eigenvalue weighted by Crippen LogP contribution is 2.26. The van der Waals surface area contributed by atoms with Crippen LogP contribution < -0.4 is 5.32 Å². The van der Waals surface area contributed by atoms with Gasteiger partial charge in [0.05, 0.1) is 15.7 Å². The van der Waals surface area contributed by atoms with Crippen molar-refractivity contribution in [3.8, 4) is 0 Å². The van der Waals surface area contributed by atoms with Crippen molar-refractivity contribution >= 4 is 31.9 Å². The summed E-state index contributed by atoms with van der Waals surface area (Å²) in [7, 11) is -7.59. The number of sulfonamides is 2. The molecule has 2 aliphatic rings. The Hall–Kier alpha value is -2.02. The molecule has 38 heavy (non-hydrogen) atoms. The van der Waals surface area contributed by atoms with E-state index in [1.807, 2.05) is 20.8 Å². The standard InChI is InChI=1S/C26H42N4O6S2/c1-6-29(7-2)37(33,34)22-10-12-23(13-11-22)38(35,36)30-15-8-9-20(18-30)25(32)27-21-14-16-28(19-21)24(31)17-26(3,4)5/h10-13,20-21H,6-9,14-19H2,1-5H3,(H,27,32). The van der Waals surface area contributed by atoms with Gasteiger partial charge in [0, 0.05) is 51.7 Å². The molecule has 3 rings (SSSR count). The molecule has 2 heterocycles. The van der Waals surface area contributed by atoms with Crippen LogP contribution in [-0.2, 0) is 29.6 Å². The van der Waals surface area contributed by atoms with E-state index >= 15 is 0 Å². The molecule has 2 aliphatic heterocycles. The predicted octanol–water partition coefficient (Wildman–Crippen LogP) is 2.27. The Kier molecular flexibility index (Phi) is 9.65. The highest BCUT2D eigenvalue weighted by atomic mass is 32.2. The lowest BCUT2D eigenvalue weighted by Crippen LogP contribution is -2.48. The molecule has 2 fully saturated rings. The summed E-state index contributed by atoms with van der Waals surface area (Å²) in [6, 6.07) is 5.13. The molecule has 0 saturated carbocycles. The summed E-state index contributed by atoms with van der Waals surface area (Å²) in [5.41, 5.74) is -0.102. The molecule has 0 spiro atoms. The van der Waals surface area contributed by atoms with Crippen LogP contribution in [0.15, 0.2) is 34.1 Å². The van der Waals surface area contributed by atoms with E-state index in [0.29, 0.717) is 58.4 Å². The molecule has 2 amide bonds. The molecule has 214 valence electrons. The maximum Gasteiger partial charge on any atom is 0.243 e. The van der Waals surface area contributed by atoms with Gasteiger partial charge in [0.25, 0.3) is 0 Å². The van der Waals surface area contributed by atoms with E-state index in [1.165, 1.54) is 32.9 Å². The minimum Gasteiger partial charge on any atom is -0.351 e. The van der Waals surface area contributed by atoms with E-state index < -0.39 is 26.0 Å². The minimum absolute atomic E-state index is 0.000788. The van der Waals surface area contributed by atoms with Crippen LogP contribution in [0.1, 0.15) is 60.3 Å². The van der Waals surface area contributed by atoms with Crippen molar-refractivity contribution in [3.05, 3.63) is 24.3 Å². The highest BCUT2D eigenvalue weighted by molar-refractivity contribution is 7.89. The zero-order chi connectivity index (χ0) is 28.3. The van der Waals surface area contributed by atoms with Crippen LogP contribution in [0.3, 0.4) is 0 Å². The van der Waals surface area contributed by atoms with Gasteiger partial charge in [-0.15, -0.1) is 0 Å². The number of hydrogen-bond acceptors (Lipinski definition) is 6. The predicted molar refractivity (Wildman–Crippen MR) is 145 cm³/mol. The molecule has 2 saturated heterocycles. The number of rotatable bonds is 9. The van der Waals surface area contributed by atoms with Gasteiger partial charge in [0.2, 0.25) is 31.9 Å². The number of hydrogen-bond donors (Lipinski definition) is 1. The molecule has 2 unspecified atom stereocenters. The summed E-state index contributed by atoms with van der Waals surface area (Å²) in [4.78, 5) is 27.4. The van der Waals surface area contributed by atoms with E-state index in [9.17, 15) is 26.4 Å². The first-order valence-electron chi connectivity index (χ1n) is 13.4. The molecular formula is C26H42N4O6S2. The third-order valence-electron chi connectivity index (χ3n) is 7.13. The Labute approximate surface area is 227 Å². The van der Waals surface area contributed by atoms with Crippen LogP contribution in [0.4, 0.5) is 0 Å². The van der Waals surface area contributed by atoms with Gasteiger partial charge in [-0.25, -0.2) is 16.8 Å². The van der Waals surface area contributed by atoms with E-state index in [-0.39, 0.29) is 39.6 Å². The van der Waals surface area contributed by atoms with Gasteiger partial charge in [-0.2, -0.15) is 8.61 Å². The SMILES string of the molecule is CCN(CC)S(=O)(=O)c1ccc(S(=O)(=O)N2CCCC(C(=O)NC3CCN(C(=O)CC(C)(C)C)C3)C2)cc1. The van der Waals surface area contributed by atoms with Crippen molar-refractivity contribution in [2.75, 3.05) is 39.3 Å². The summed E-state index contributed by atoms with van der Waals surface area (Å²) in [6.07, 6.45) is 2.26. The molecule has 1 N–H and O–H groups in total. The summed E-state index contributed by atoms with van der Waals surface area (Å²) in [6.45, 7) is 11.6. The van der Waals surface area contributed by atoms with E-state index in [1.54, 1.807) is 18.7 Å². The van der Waals surface area contributed by atoms with Crippen molar-refractivity contribution in [1.29, 1.82) is 0 Å². The van der Waals surface area contributed by atoms with Gasteiger partial charge < -0.3 is 10.2 Å². The van der Waals surface area contributed by atoms with Crippen LogP contribution in [0.25, 0.3) is 0 Å². The second kappa shape index (κ2) is 12.0. The Bertz CT molecular complexity index is 1210. The third-order valence-corrected chi connectivity index (χ3v) is 11.1. The molecule has 2 atom stereocenters. The number of amides is 2. The van der Waals surface area contributed by atoms with Gasteiger partial charge in [0.1, 0.15) is 0 Å². The van der Waals surface area contributed by atoms with Crippen LogP contribution in [0.2, 0.25) is 0 Å². The number of carbonyl (C=O) groups is 2. The van der Waals surface area contributed by atoms with Gasteiger partial charge in [-0.3, -0.25) is 9.59 Å². The summed E-state index contributed by atoms with van der Waals surface area (Å²) in [5.74, 6) is -0.596. The second-order valence-corrected chi connectivity index (χ2v) is 15.2. The number of likely N-dealkylation sites (tertiary alicyclic amines) is 1. The summed E-state index contributed by atoms with van der Waals surface area (Å²) in [5, 5.41) is 3.03. The first-order chi connectivity index (χ1) is 17.7. The first kappa shape index (κ1) is 30.5. The third kappa shape index (κ3) is 7.13. The Morgan fingerprint density at radius 2 is 1.55 bits per heavy atom. The summed E-state index contributed by atoms with van der Waals surface area (Å²) >= 11 is 0. The largest absolute Gasteiger partial charge is 0.351 e. The number of carbonyl (C=O) groups excluding carboxylic acids is 2. The fraction of sp³-hybridized carbons (Fsp3) is 0.692. The highest BCUT2D eigenvalue weighted by Gasteiger charge is 2.36. The smallest absolute Gasteiger partial charge is 0.243 e. The zero-order valence-corrected chi connectivity index (χ0v) is 24.8. The zero-order valence-electron chi connectivity index (χ0n) is 23.1. The first-order valence-corrected chi connectivity index (χ1v) is 16.3. The van der Waals surface area contributed by atoms with Gasteiger partial charge in [-0.1, -0.05) is 34.6 Å². The van der Waals surface area contributed by atoms with E-state index in [4.69, 9.17) is 0 Å². The Balaban J connectivity index is 1.62. The molecule has 0 aliphatic carbocycles. The topological polar surface area (TPSA) is 124 Å². The van der Waals surface area contributed by atoms with Crippen LogP contribution in [0, 0.1) is 11.3 Å². The molecule has 0 bridgehead atoms. The number of piperidine rings is 1. The Morgan fingerprint density at radius 1 is 0.947 bits per heavy atom. The lowest BCUT2D eigenvalue weighted by molar-refractivity contribution is -0.132. The van der Waals surface area contributed by atoms with Crippen molar-refractivity contribution in [3.63, 3.8) is 0 Å². The lowest BCUT2D eigenvalue weighted by atomic mass is 9.92. The molecule has 12 heteroatoms. The average molecular weight is 571 g/mol. The monoisotopic (exact) mass is 570 g/mol. The van der Waals surface area contributed by atoms with Gasteiger partial charge in [0.15, 0.2) is 0 Å². The molecule has 1 aromatic rings. The van der Waals surface area contributed by atoms with Crippen molar-refractivity contribution < 1.29 is 26.4 Å². The van der Waals surface area contributed by atoms with E-state index in [0.717, 1.165) is 0 Å². The fourth-order valence-corrected chi connectivity index (χ4v) is 7.99. The van der Waals surface area contributed by atoms with Crippen molar-refractivity contribution in [2.24, 2.45) is 11.3 Å². The maximum absolute atomic E-state index is 13.3. The molecule has 0 aromatic heterocycles. The van der Waals surface area contributed by atoms with E-state index in [2.05, 4.69) is 5.32 Å². The van der Waals surface area contributed by atoms with Crippen molar-refractivity contribution in [2.45, 2.75) is 76.1 Å². The maximum atomic E-state index is 13.3. The fourth-order valence-electron chi connectivity index (χ4n) is 5.01. The number of nitrogens with zero attached hydrogens (tertiary/aromatic N) is 3. The number of benzene rings is 1.